The molecule has 0 aliphatic carbocycles. The van der Waals surface area contributed by atoms with E-state index >= 15 is 0 Å². The summed E-state index contributed by atoms with van der Waals surface area (Å²) in [6.45, 7) is 4.82. The second kappa shape index (κ2) is 8.66. The van der Waals surface area contributed by atoms with Gasteiger partial charge < -0.3 is 20.5 Å². The Hall–Kier alpha value is -1.40. The van der Waals surface area contributed by atoms with Crippen LogP contribution in [-0.2, 0) is 9.47 Å². The second-order valence-corrected chi connectivity index (χ2v) is 3.99. The zero-order valence-corrected chi connectivity index (χ0v) is 11.1. The molecule has 0 saturated heterocycles. The maximum Gasteiger partial charge on any atom is 0.222 e. The number of nitrogens with one attached hydrogen (secondary N) is 1. The molecule has 18 heavy (non-hydrogen) atoms. The molecule has 0 saturated carbocycles. The molecule has 0 amide bonds. The molecule has 1 aromatic heterocycles. The standard InChI is InChI=1S/C12H22N4O2/c1-10-9-11(16-12(13)15-10)14-5-3-4-6-18-8-7-17-2/h9H,3-8H2,1-2H3,(H3,13,14,15,16). The fraction of sp³-hybridized carbons (Fsp3) is 0.667. The van der Waals surface area contributed by atoms with Crippen molar-refractivity contribution in [3.63, 3.8) is 0 Å². The van der Waals surface area contributed by atoms with Gasteiger partial charge in [0.05, 0.1) is 13.2 Å². The number of unbranched alkanes of at least 4 members (excludes halogenated alkanes) is 1. The van der Waals surface area contributed by atoms with Crippen LogP contribution in [-0.4, -0.2) is 43.4 Å². The summed E-state index contributed by atoms with van der Waals surface area (Å²) < 4.78 is 10.3. The van der Waals surface area contributed by atoms with Crippen molar-refractivity contribution in [2.45, 2.75) is 19.8 Å². The number of hydrogen-bond donors (Lipinski definition) is 2. The Morgan fingerprint density at radius 3 is 2.78 bits per heavy atom. The van der Waals surface area contributed by atoms with Gasteiger partial charge in [-0.2, -0.15) is 4.98 Å². The number of ether oxygens (including phenoxy) is 2. The van der Waals surface area contributed by atoms with Gasteiger partial charge in [0.2, 0.25) is 5.95 Å². The van der Waals surface area contributed by atoms with E-state index in [0.29, 0.717) is 19.2 Å². The number of rotatable bonds is 9. The van der Waals surface area contributed by atoms with Gasteiger partial charge in [0.1, 0.15) is 5.82 Å². The Balaban J connectivity index is 2.07. The number of nitrogen functional groups attached to an aromatic ring is 1. The lowest BCUT2D eigenvalue weighted by Gasteiger charge is -2.07. The van der Waals surface area contributed by atoms with Crippen molar-refractivity contribution in [3.05, 3.63) is 11.8 Å². The Labute approximate surface area is 108 Å². The first kappa shape index (κ1) is 14.7. The molecule has 1 heterocycles. The topological polar surface area (TPSA) is 82.3 Å². The first-order valence-electron chi connectivity index (χ1n) is 6.14. The van der Waals surface area contributed by atoms with Crippen molar-refractivity contribution in [3.8, 4) is 0 Å². The molecule has 0 spiro atoms. The highest BCUT2D eigenvalue weighted by Gasteiger charge is 1.98. The smallest absolute Gasteiger partial charge is 0.222 e. The maximum absolute atomic E-state index is 5.56. The van der Waals surface area contributed by atoms with Crippen molar-refractivity contribution in [2.75, 3.05) is 44.5 Å². The van der Waals surface area contributed by atoms with Crippen LogP contribution < -0.4 is 11.1 Å². The van der Waals surface area contributed by atoms with E-state index in [1.165, 1.54) is 0 Å². The molecule has 0 radical (unpaired) electrons. The Kier molecular flexibility index (Phi) is 7.05. The molecule has 0 unspecified atom stereocenters. The predicted molar refractivity (Wildman–Crippen MR) is 71.6 cm³/mol. The average molecular weight is 254 g/mol. The molecule has 0 aliphatic rings. The van der Waals surface area contributed by atoms with E-state index in [9.17, 15) is 0 Å². The summed E-state index contributed by atoms with van der Waals surface area (Å²) in [7, 11) is 1.67. The molecular formula is C12H22N4O2. The third kappa shape index (κ3) is 6.36. The summed E-state index contributed by atoms with van der Waals surface area (Å²) in [6, 6.07) is 1.88. The summed E-state index contributed by atoms with van der Waals surface area (Å²) >= 11 is 0. The summed E-state index contributed by atoms with van der Waals surface area (Å²) in [5.41, 5.74) is 6.43. The van der Waals surface area contributed by atoms with Gasteiger partial charge in [-0.05, 0) is 19.8 Å². The lowest BCUT2D eigenvalue weighted by molar-refractivity contribution is 0.0691. The monoisotopic (exact) mass is 254 g/mol. The lowest BCUT2D eigenvalue weighted by Crippen LogP contribution is -2.08. The summed E-state index contributed by atoms with van der Waals surface area (Å²) in [5.74, 6) is 1.08. The van der Waals surface area contributed by atoms with Crippen LogP contribution in [0.15, 0.2) is 6.07 Å². The lowest BCUT2D eigenvalue weighted by atomic mass is 10.3. The Bertz CT molecular complexity index is 327. The van der Waals surface area contributed by atoms with Crippen LogP contribution in [0.5, 0.6) is 0 Å². The van der Waals surface area contributed by atoms with Gasteiger partial charge in [-0.1, -0.05) is 0 Å². The third-order valence-corrected chi connectivity index (χ3v) is 2.32. The average Bonchev–Trinajstić information content (AvgIpc) is 2.31. The van der Waals surface area contributed by atoms with Gasteiger partial charge in [-0.3, -0.25) is 0 Å². The largest absolute Gasteiger partial charge is 0.382 e. The van der Waals surface area contributed by atoms with E-state index in [-0.39, 0.29) is 0 Å². The molecule has 1 rings (SSSR count). The molecule has 6 nitrogen and oxygen atoms in total. The summed E-state index contributed by atoms with van der Waals surface area (Å²) in [6.07, 6.45) is 2.03. The number of nitrogens with two attached hydrogens (primary N) is 1. The molecule has 0 fully saturated rings. The molecular weight excluding hydrogens is 232 g/mol. The van der Waals surface area contributed by atoms with E-state index in [4.69, 9.17) is 15.2 Å². The van der Waals surface area contributed by atoms with Crippen molar-refractivity contribution in [2.24, 2.45) is 0 Å². The molecule has 0 bridgehead atoms. The number of anilines is 2. The molecule has 1 aromatic rings. The van der Waals surface area contributed by atoms with Gasteiger partial charge in [0.25, 0.3) is 0 Å². The van der Waals surface area contributed by atoms with Crippen LogP contribution in [0.25, 0.3) is 0 Å². The predicted octanol–water partition coefficient (Wildman–Crippen LogP) is 1.22. The minimum absolute atomic E-state index is 0.306. The quantitative estimate of drug-likeness (QED) is 0.645. The van der Waals surface area contributed by atoms with Gasteiger partial charge in [-0.25, -0.2) is 4.98 Å². The van der Waals surface area contributed by atoms with Gasteiger partial charge in [0, 0.05) is 32.0 Å². The van der Waals surface area contributed by atoms with Crippen LogP contribution in [0.2, 0.25) is 0 Å². The number of hydrogen-bond acceptors (Lipinski definition) is 6. The van der Waals surface area contributed by atoms with Gasteiger partial charge in [-0.15, -0.1) is 0 Å². The maximum atomic E-state index is 5.56. The first-order chi connectivity index (χ1) is 8.72. The van der Waals surface area contributed by atoms with Crippen LogP contribution in [0, 0.1) is 6.92 Å². The van der Waals surface area contributed by atoms with Gasteiger partial charge >= 0.3 is 0 Å². The second-order valence-electron chi connectivity index (χ2n) is 3.99. The summed E-state index contributed by atoms with van der Waals surface area (Å²) in [5, 5.41) is 3.22. The fourth-order valence-electron chi connectivity index (χ4n) is 1.47. The number of methoxy groups -OCH3 is 1. The minimum Gasteiger partial charge on any atom is -0.382 e. The van der Waals surface area contributed by atoms with Crippen LogP contribution in [0.1, 0.15) is 18.5 Å². The Morgan fingerprint density at radius 2 is 2.06 bits per heavy atom. The van der Waals surface area contributed by atoms with E-state index in [0.717, 1.165) is 37.5 Å². The molecule has 0 atom stereocenters. The normalized spacial score (nSPS) is 10.6. The van der Waals surface area contributed by atoms with Crippen molar-refractivity contribution in [1.29, 1.82) is 0 Å². The number of nitrogens with zero attached hydrogens (tertiary/aromatic N) is 2. The highest BCUT2D eigenvalue weighted by molar-refractivity contribution is 5.39. The van der Waals surface area contributed by atoms with Gasteiger partial charge in [0.15, 0.2) is 0 Å². The van der Waals surface area contributed by atoms with Crippen LogP contribution in [0.4, 0.5) is 11.8 Å². The van der Waals surface area contributed by atoms with Crippen molar-refractivity contribution >= 4 is 11.8 Å². The van der Waals surface area contributed by atoms with Crippen molar-refractivity contribution < 1.29 is 9.47 Å². The zero-order valence-electron chi connectivity index (χ0n) is 11.1. The molecule has 102 valence electrons. The molecule has 0 aromatic carbocycles. The molecule has 3 N–H and O–H groups in total. The summed E-state index contributed by atoms with van der Waals surface area (Å²) in [4.78, 5) is 8.12. The highest BCUT2D eigenvalue weighted by Crippen LogP contribution is 2.07. The SMILES string of the molecule is COCCOCCCCNc1cc(C)nc(N)n1. The van der Waals surface area contributed by atoms with E-state index in [2.05, 4.69) is 15.3 Å². The molecule has 0 aliphatic heterocycles. The third-order valence-electron chi connectivity index (χ3n) is 2.32. The van der Waals surface area contributed by atoms with E-state index < -0.39 is 0 Å². The highest BCUT2D eigenvalue weighted by atomic mass is 16.5. The van der Waals surface area contributed by atoms with E-state index in [1.807, 2.05) is 13.0 Å². The number of aryl methyl sites for hydroxylation is 1. The fourth-order valence-corrected chi connectivity index (χ4v) is 1.47. The Morgan fingerprint density at radius 1 is 1.22 bits per heavy atom. The van der Waals surface area contributed by atoms with Crippen molar-refractivity contribution in [1.82, 2.24) is 9.97 Å². The number of aromatic nitrogens is 2. The minimum atomic E-state index is 0.306. The zero-order chi connectivity index (χ0) is 13.2. The first-order valence-corrected chi connectivity index (χ1v) is 6.14. The van der Waals surface area contributed by atoms with E-state index in [1.54, 1.807) is 7.11 Å². The van der Waals surface area contributed by atoms with Crippen LogP contribution >= 0.6 is 0 Å². The van der Waals surface area contributed by atoms with Crippen LogP contribution in [0.3, 0.4) is 0 Å². The molecule has 6 heteroatoms.